The van der Waals surface area contributed by atoms with Crippen LogP contribution in [0.4, 0.5) is 4.39 Å². The van der Waals surface area contributed by atoms with Gasteiger partial charge in [0, 0.05) is 17.7 Å². The van der Waals surface area contributed by atoms with Gasteiger partial charge in [0.1, 0.15) is 5.84 Å². The summed E-state index contributed by atoms with van der Waals surface area (Å²) in [6, 6.07) is 4.81. The van der Waals surface area contributed by atoms with Crippen LogP contribution in [0.1, 0.15) is 60.7 Å². The number of hydrogen-bond donors (Lipinski definition) is 3. The van der Waals surface area contributed by atoms with E-state index in [0.29, 0.717) is 29.8 Å². The Hall–Kier alpha value is -3.33. The first-order valence-electron chi connectivity index (χ1n) is 11.5. The molecule has 2 aromatic carbocycles. The maximum Gasteiger partial charge on any atom is 0.197 e. The Morgan fingerprint density at radius 2 is 1.89 bits per heavy atom. The molecule has 0 radical (unpaired) electrons. The van der Waals surface area contributed by atoms with E-state index in [1.54, 1.807) is 12.1 Å². The monoisotopic (exact) mass is 487 g/mol. The van der Waals surface area contributed by atoms with Crippen molar-refractivity contribution in [3.05, 3.63) is 46.3 Å². The zero-order chi connectivity index (χ0) is 25.9. The maximum absolute atomic E-state index is 15.1. The van der Waals surface area contributed by atoms with Crippen molar-refractivity contribution in [1.82, 2.24) is 4.90 Å². The first-order chi connectivity index (χ1) is 16.5. The van der Waals surface area contributed by atoms with E-state index in [-0.39, 0.29) is 53.3 Å². The van der Waals surface area contributed by atoms with E-state index >= 15 is 4.39 Å². The molecule has 1 heterocycles. The predicted molar refractivity (Wildman–Crippen MR) is 132 cm³/mol. The number of nitrogens with two attached hydrogens (primary N) is 1. The van der Waals surface area contributed by atoms with E-state index < -0.39 is 11.2 Å². The number of unbranched alkanes of at least 4 members (excludes halogenated alkanes) is 1. The minimum absolute atomic E-state index is 0.00406. The summed E-state index contributed by atoms with van der Waals surface area (Å²) in [5.74, 6) is -0.667. The van der Waals surface area contributed by atoms with E-state index in [4.69, 9.17) is 25.4 Å². The third-order valence-corrected chi connectivity index (χ3v) is 6.00. The van der Waals surface area contributed by atoms with Gasteiger partial charge in [-0.2, -0.15) is 0 Å². The third-order valence-electron chi connectivity index (χ3n) is 6.00. The molecule has 0 aliphatic carbocycles. The lowest BCUT2D eigenvalue weighted by Gasteiger charge is -2.24. The van der Waals surface area contributed by atoms with Gasteiger partial charge in [0.15, 0.2) is 34.6 Å². The van der Waals surface area contributed by atoms with Gasteiger partial charge < -0.3 is 30.0 Å². The van der Waals surface area contributed by atoms with E-state index in [1.165, 1.54) is 25.2 Å². The first kappa shape index (κ1) is 26.3. The smallest absolute Gasteiger partial charge is 0.197 e. The second-order valence-corrected chi connectivity index (χ2v) is 9.55. The number of amidine groups is 1. The van der Waals surface area contributed by atoms with Crippen molar-refractivity contribution in [2.75, 3.05) is 33.9 Å². The van der Waals surface area contributed by atoms with Crippen molar-refractivity contribution >= 4 is 11.6 Å². The van der Waals surface area contributed by atoms with Gasteiger partial charge in [-0.3, -0.25) is 10.2 Å². The molecule has 1 aliphatic heterocycles. The molecule has 8 nitrogen and oxygen atoms in total. The average molecular weight is 488 g/mol. The van der Waals surface area contributed by atoms with Gasteiger partial charge in [0.05, 0.1) is 32.9 Å². The number of nitrogens with one attached hydrogen (secondary N) is 1. The van der Waals surface area contributed by atoms with Crippen LogP contribution in [0, 0.1) is 11.2 Å². The Balaban J connectivity index is 1.89. The molecule has 0 fully saturated rings. The van der Waals surface area contributed by atoms with E-state index in [1.807, 2.05) is 20.8 Å². The quantitative estimate of drug-likeness (QED) is 0.343. The molecule has 35 heavy (non-hydrogen) atoms. The average Bonchev–Trinajstić information content (AvgIpc) is 3.11. The molecule has 0 unspecified atom stereocenters. The summed E-state index contributed by atoms with van der Waals surface area (Å²) in [7, 11) is 2.75. The van der Waals surface area contributed by atoms with Gasteiger partial charge in [-0.05, 0) is 48.6 Å². The Labute approximate surface area is 205 Å². The van der Waals surface area contributed by atoms with Crippen LogP contribution in [0.15, 0.2) is 18.2 Å². The fourth-order valence-corrected chi connectivity index (χ4v) is 4.10. The number of rotatable bonds is 10. The molecule has 1 aliphatic rings. The zero-order valence-corrected chi connectivity index (χ0v) is 21.0. The van der Waals surface area contributed by atoms with Gasteiger partial charge in [-0.1, -0.05) is 20.8 Å². The van der Waals surface area contributed by atoms with Crippen LogP contribution in [0.25, 0.3) is 0 Å². The summed E-state index contributed by atoms with van der Waals surface area (Å²) >= 11 is 0. The number of carbonyl (C=O) groups excluding carboxylic acids is 1. The lowest BCUT2D eigenvalue weighted by molar-refractivity contribution is 0.0962. The van der Waals surface area contributed by atoms with Gasteiger partial charge in [-0.15, -0.1) is 0 Å². The highest BCUT2D eigenvalue weighted by Crippen LogP contribution is 2.40. The highest BCUT2D eigenvalue weighted by Gasteiger charge is 2.33. The van der Waals surface area contributed by atoms with E-state index in [9.17, 15) is 9.90 Å². The topological polar surface area (TPSA) is 118 Å². The number of aromatic hydroxyl groups is 1. The zero-order valence-electron chi connectivity index (χ0n) is 21.0. The number of fused-ring (bicyclic) bond motifs is 1. The van der Waals surface area contributed by atoms with Gasteiger partial charge in [0.2, 0.25) is 0 Å². The summed E-state index contributed by atoms with van der Waals surface area (Å²) in [6.07, 6.45) is 1.51. The molecule has 2 aromatic rings. The van der Waals surface area contributed by atoms with Gasteiger partial charge in [-0.25, -0.2) is 4.39 Å². The Morgan fingerprint density at radius 1 is 1.17 bits per heavy atom. The van der Waals surface area contributed by atoms with Crippen molar-refractivity contribution in [2.24, 2.45) is 5.73 Å². The molecular formula is C26H34FN3O5. The highest BCUT2D eigenvalue weighted by molar-refractivity contribution is 6.06. The number of ether oxygens (including phenoxy) is 3. The summed E-state index contributed by atoms with van der Waals surface area (Å²) in [6.45, 7) is 6.76. The molecule has 9 heteroatoms. The second-order valence-electron chi connectivity index (χ2n) is 9.55. The number of carbonyl (C=O) groups is 1. The number of phenolic OH excluding ortho intramolecular Hbond substituents is 1. The molecule has 0 bridgehead atoms. The number of methoxy groups -OCH3 is 2. The number of halogens is 1. The SMILES string of the molecule is COc1cc2c(c(F)c1OC)C(=N)N(CC(=O)c1cc(OCCCCN)c(O)c(C(C)(C)C)c1)C2. The number of benzene rings is 2. The lowest BCUT2D eigenvalue weighted by atomic mass is 9.84. The maximum atomic E-state index is 15.1. The summed E-state index contributed by atoms with van der Waals surface area (Å²) in [4.78, 5) is 14.8. The molecule has 3 rings (SSSR count). The van der Waals surface area contributed by atoms with Crippen molar-refractivity contribution in [1.29, 1.82) is 5.41 Å². The standard InChI is InChI=1S/C26H34FN3O5/c1-26(2,3)17-10-15(11-19(23(17)32)35-9-7-6-8-28)18(31)14-30-13-16-12-20(33-4)24(34-5)22(27)21(16)25(30)29/h10-12,29,32H,6-9,13-14,28H2,1-5H3. The molecule has 190 valence electrons. The van der Waals surface area contributed by atoms with Crippen LogP contribution < -0.4 is 19.9 Å². The molecule has 0 saturated carbocycles. The van der Waals surface area contributed by atoms with Crippen LogP contribution >= 0.6 is 0 Å². The Kier molecular flexibility index (Phi) is 7.90. The number of ketones is 1. The normalized spacial score (nSPS) is 13.1. The molecule has 0 amide bonds. The Bertz CT molecular complexity index is 1130. The predicted octanol–water partition coefficient (Wildman–Crippen LogP) is 3.99. The van der Waals surface area contributed by atoms with Crippen molar-refractivity contribution in [2.45, 2.75) is 45.6 Å². The molecule has 4 N–H and O–H groups in total. The number of Topliss-reactive ketones (excluding diaryl/α,β-unsaturated/α-hetero) is 1. The Morgan fingerprint density at radius 3 is 2.49 bits per heavy atom. The second kappa shape index (κ2) is 10.5. The van der Waals surface area contributed by atoms with Crippen molar-refractivity contribution in [3.8, 4) is 23.0 Å². The summed E-state index contributed by atoms with van der Waals surface area (Å²) < 4.78 is 31.2. The molecular weight excluding hydrogens is 453 g/mol. The van der Waals surface area contributed by atoms with Crippen LogP contribution in [0.2, 0.25) is 0 Å². The summed E-state index contributed by atoms with van der Waals surface area (Å²) in [5, 5.41) is 19.3. The minimum Gasteiger partial charge on any atom is -0.504 e. The van der Waals surface area contributed by atoms with Crippen LogP contribution in [0.5, 0.6) is 23.0 Å². The number of phenols is 1. The fraction of sp³-hybridized carbons (Fsp3) is 0.462. The largest absolute Gasteiger partial charge is 0.504 e. The van der Waals surface area contributed by atoms with Crippen LogP contribution in [-0.4, -0.2) is 55.5 Å². The molecule has 0 aromatic heterocycles. The van der Waals surface area contributed by atoms with Crippen LogP contribution in [0.3, 0.4) is 0 Å². The third kappa shape index (κ3) is 5.35. The number of nitrogens with zero attached hydrogens (tertiary/aromatic N) is 1. The lowest BCUT2D eigenvalue weighted by Crippen LogP contribution is -2.30. The van der Waals surface area contributed by atoms with Crippen LogP contribution in [-0.2, 0) is 12.0 Å². The highest BCUT2D eigenvalue weighted by atomic mass is 19.1. The molecule has 0 spiro atoms. The van der Waals surface area contributed by atoms with E-state index in [2.05, 4.69) is 0 Å². The van der Waals surface area contributed by atoms with Gasteiger partial charge >= 0.3 is 0 Å². The molecule has 0 saturated heterocycles. The fourth-order valence-electron chi connectivity index (χ4n) is 4.10. The van der Waals surface area contributed by atoms with Crippen molar-refractivity contribution < 1.29 is 28.5 Å². The van der Waals surface area contributed by atoms with E-state index in [0.717, 1.165) is 12.8 Å². The first-order valence-corrected chi connectivity index (χ1v) is 11.5. The minimum atomic E-state index is -0.686. The molecule has 0 atom stereocenters. The summed E-state index contributed by atoms with van der Waals surface area (Å²) in [5.41, 5.74) is 6.67. The number of hydrogen-bond acceptors (Lipinski definition) is 7. The van der Waals surface area contributed by atoms with Gasteiger partial charge in [0.25, 0.3) is 0 Å². The van der Waals surface area contributed by atoms with Crippen molar-refractivity contribution in [3.63, 3.8) is 0 Å².